The zero-order valence-corrected chi connectivity index (χ0v) is 10.3. The summed E-state index contributed by atoms with van der Waals surface area (Å²) in [4.78, 5) is 0. The number of hydrogen-bond acceptors (Lipinski definition) is 2. The Morgan fingerprint density at radius 2 is 2.24 bits per heavy atom. The molecule has 2 unspecified atom stereocenters. The molecular weight excluding hydrogens is 217 g/mol. The molecule has 0 amide bonds. The monoisotopic (exact) mass is 237 g/mol. The zero-order chi connectivity index (χ0) is 12.3. The summed E-state index contributed by atoms with van der Waals surface area (Å²) in [5, 5.41) is 0. The first-order chi connectivity index (χ1) is 8.07. The van der Waals surface area contributed by atoms with Gasteiger partial charge in [0.15, 0.2) is 0 Å². The normalized spacial score (nSPS) is 23.6. The van der Waals surface area contributed by atoms with Crippen molar-refractivity contribution in [2.24, 2.45) is 5.73 Å². The fourth-order valence-electron chi connectivity index (χ4n) is 2.47. The van der Waals surface area contributed by atoms with Gasteiger partial charge >= 0.3 is 0 Å². The van der Waals surface area contributed by atoms with Gasteiger partial charge in [-0.1, -0.05) is 18.2 Å². The minimum absolute atomic E-state index is 0.170. The van der Waals surface area contributed by atoms with Crippen LogP contribution in [0.25, 0.3) is 0 Å². The molecule has 3 heteroatoms. The predicted octanol–water partition coefficient (Wildman–Crippen LogP) is 2.65. The smallest absolute Gasteiger partial charge is 0.126 e. The fraction of sp³-hybridized carbons (Fsp3) is 0.571. The molecule has 1 aliphatic heterocycles. The van der Waals surface area contributed by atoms with E-state index < -0.39 is 5.54 Å². The molecule has 2 N–H and O–H groups in total. The highest BCUT2D eigenvalue weighted by Gasteiger charge is 2.27. The summed E-state index contributed by atoms with van der Waals surface area (Å²) in [5.74, 6) is -0.170. The largest absolute Gasteiger partial charge is 0.378 e. The highest BCUT2D eigenvalue weighted by molar-refractivity contribution is 5.19. The average Bonchev–Trinajstić information content (AvgIpc) is 2.73. The van der Waals surface area contributed by atoms with Crippen LogP contribution in [0, 0.1) is 5.82 Å². The summed E-state index contributed by atoms with van der Waals surface area (Å²) in [5.41, 5.74) is 6.54. The van der Waals surface area contributed by atoms with E-state index in [1.807, 2.05) is 13.0 Å². The van der Waals surface area contributed by atoms with Gasteiger partial charge in [-0.2, -0.15) is 0 Å². The Bertz CT molecular complexity index is 372. The highest BCUT2D eigenvalue weighted by Crippen LogP contribution is 2.24. The zero-order valence-electron chi connectivity index (χ0n) is 10.3. The van der Waals surface area contributed by atoms with Gasteiger partial charge in [-0.25, -0.2) is 4.39 Å². The van der Waals surface area contributed by atoms with Crippen LogP contribution in [0.1, 0.15) is 31.7 Å². The van der Waals surface area contributed by atoms with Crippen LogP contribution in [0.5, 0.6) is 0 Å². The second kappa shape index (κ2) is 5.15. The molecule has 1 heterocycles. The highest BCUT2D eigenvalue weighted by atomic mass is 19.1. The minimum Gasteiger partial charge on any atom is -0.378 e. The number of nitrogens with two attached hydrogens (primary N) is 1. The van der Waals surface area contributed by atoms with Gasteiger partial charge in [-0.15, -0.1) is 0 Å². The maximum absolute atomic E-state index is 13.5. The molecule has 1 saturated heterocycles. The molecule has 0 aliphatic carbocycles. The molecule has 1 fully saturated rings. The van der Waals surface area contributed by atoms with E-state index in [1.165, 1.54) is 6.07 Å². The molecule has 2 nitrogen and oxygen atoms in total. The third-order valence-electron chi connectivity index (χ3n) is 3.27. The number of rotatable bonds is 4. The van der Waals surface area contributed by atoms with Crippen molar-refractivity contribution in [3.63, 3.8) is 0 Å². The SMILES string of the molecule is CC(N)(Cc1ccccc1F)CC1CCCO1. The Hall–Kier alpha value is -0.930. The van der Waals surface area contributed by atoms with Crippen LogP contribution in [-0.4, -0.2) is 18.2 Å². The summed E-state index contributed by atoms with van der Waals surface area (Å²) in [6.07, 6.45) is 3.78. The van der Waals surface area contributed by atoms with E-state index in [4.69, 9.17) is 10.5 Å². The molecular formula is C14H20FNO. The van der Waals surface area contributed by atoms with E-state index >= 15 is 0 Å². The van der Waals surface area contributed by atoms with Crippen molar-refractivity contribution >= 4 is 0 Å². The van der Waals surface area contributed by atoms with Crippen LogP contribution in [-0.2, 0) is 11.2 Å². The van der Waals surface area contributed by atoms with Gasteiger partial charge in [0.05, 0.1) is 6.10 Å². The van der Waals surface area contributed by atoms with Gasteiger partial charge in [-0.05, 0) is 44.2 Å². The van der Waals surface area contributed by atoms with Gasteiger partial charge < -0.3 is 10.5 Å². The molecule has 1 aliphatic rings. The Morgan fingerprint density at radius 1 is 1.47 bits per heavy atom. The van der Waals surface area contributed by atoms with Crippen LogP contribution in [0.4, 0.5) is 4.39 Å². The van der Waals surface area contributed by atoms with Gasteiger partial charge in [0, 0.05) is 12.1 Å². The van der Waals surface area contributed by atoms with E-state index in [9.17, 15) is 4.39 Å². The Labute approximate surface area is 102 Å². The Morgan fingerprint density at radius 3 is 2.88 bits per heavy atom. The molecule has 0 aromatic heterocycles. The second-order valence-electron chi connectivity index (χ2n) is 5.26. The predicted molar refractivity (Wildman–Crippen MR) is 66.3 cm³/mol. The van der Waals surface area contributed by atoms with Crippen molar-refractivity contribution in [3.8, 4) is 0 Å². The Kier molecular flexibility index (Phi) is 3.79. The van der Waals surface area contributed by atoms with Gasteiger partial charge in [-0.3, -0.25) is 0 Å². The van der Waals surface area contributed by atoms with Crippen LogP contribution in [0.3, 0.4) is 0 Å². The molecule has 2 rings (SSSR count). The standard InChI is InChI=1S/C14H20FNO/c1-14(16,10-12-6-4-8-17-12)9-11-5-2-3-7-13(11)15/h2-3,5,7,12H,4,6,8-10,16H2,1H3. The van der Waals surface area contributed by atoms with Gasteiger partial charge in [0.25, 0.3) is 0 Å². The van der Waals surface area contributed by atoms with E-state index in [0.717, 1.165) is 25.9 Å². The molecule has 94 valence electrons. The molecule has 0 saturated carbocycles. The topological polar surface area (TPSA) is 35.2 Å². The van der Waals surface area contributed by atoms with Crippen LogP contribution in [0.15, 0.2) is 24.3 Å². The summed E-state index contributed by atoms with van der Waals surface area (Å²) in [6, 6.07) is 6.83. The lowest BCUT2D eigenvalue weighted by molar-refractivity contribution is 0.0858. The van der Waals surface area contributed by atoms with Gasteiger partial charge in [0.2, 0.25) is 0 Å². The maximum Gasteiger partial charge on any atom is 0.126 e. The number of halogens is 1. The molecule has 0 bridgehead atoms. The fourth-order valence-corrected chi connectivity index (χ4v) is 2.47. The summed E-state index contributed by atoms with van der Waals surface area (Å²) >= 11 is 0. The van der Waals surface area contributed by atoms with Crippen LogP contribution < -0.4 is 5.73 Å². The van der Waals surface area contributed by atoms with Crippen molar-refractivity contribution < 1.29 is 9.13 Å². The molecule has 17 heavy (non-hydrogen) atoms. The van der Waals surface area contributed by atoms with Gasteiger partial charge in [0.1, 0.15) is 5.82 Å². The van der Waals surface area contributed by atoms with E-state index in [2.05, 4.69) is 0 Å². The minimum atomic E-state index is -0.406. The molecule has 1 aromatic rings. The van der Waals surface area contributed by atoms with E-state index in [0.29, 0.717) is 12.0 Å². The number of ether oxygens (including phenoxy) is 1. The molecule has 0 spiro atoms. The molecule has 1 aromatic carbocycles. The lowest BCUT2D eigenvalue weighted by Gasteiger charge is -2.27. The molecule has 0 radical (unpaired) electrons. The summed E-state index contributed by atoms with van der Waals surface area (Å²) < 4.78 is 19.1. The Balaban J connectivity index is 1.98. The summed E-state index contributed by atoms with van der Waals surface area (Å²) in [7, 11) is 0. The first-order valence-corrected chi connectivity index (χ1v) is 6.21. The van der Waals surface area contributed by atoms with Crippen molar-refractivity contribution in [2.45, 2.75) is 44.2 Å². The van der Waals surface area contributed by atoms with E-state index in [-0.39, 0.29) is 11.9 Å². The van der Waals surface area contributed by atoms with Crippen LogP contribution in [0.2, 0.25) is 0 Å². The van der Waals surface area contributed by atoms with Crippen molar-refractivity contribution in [3.05, 3.63) is 35.6 Å². The third-order valence-corrected chi connectivity index (χ3v) is 3.27. The van der Waals surface area contributed by atoms with Crippen molar-refractivity contribution in [1.82, 2.24) is 0 Å². The third kappa shape index (κ3) is 3.51. The van der Waals surface area contributed by atoms with E-state index in [1.54, 1.807) is 12.1 Å². The number of hydrogen-bond donors (Lipinski definition) is 1. The molecule has 2 atom stereocenters. The quantitative estimate of drug-likeness (QED) is 0.873. The lowest BCUT2D eigenvalue weighted by Crippen LogP contribution is -2.42. The summed E-state index contributed by atoms with van der Waals surface area (Å²) in [6.45, 7) is 2.81. The van der Waals surface area contributed by atoms with Crippen molar-refractivity contribution in [1.29, 1.82) is 0 Å². The first kappa shape index (κ1) is 12.5. The maximum atomic E-state index is 13.5. The second-order valence-corrected chi connectivity index (χ2v) is 5.26. The number of benzene rings is 1. The van der Waals surface area contributed by atoms with Crippen LogP contribution >= 0.6 is 0 Å². The lowest BCUT2D eigenvalue weighted by atomic mass is 9.87. The van der Waals surface area contributed by atoms with Crippen molar-refractivity contribution in [2.75, 3.05) is 6.61 Å². The first-order valence-electron chi connectivity index (χ1n) is 6.21. The average molecular weight is 237 g/mol.